The number of ether oxygens (including phenoxy) is 1. The minimum absolute atomic E-state index is 0.0166. The lowest BCUT2D eigenvalue weighted by atomic mass is 9.84. The molecule has 0 radical (unpaired) electrons. The number of rotatable bonds is 20. The number of benzene rings is 4. The zero-order valence-corrected chi connectivity index (χ0v) is 31.4. The quantitative estimate of drug-likeness (QED) is 0.0704. The molecule has 0 heterocycles. The molecule has 0 aliphatic heterocycles. The van der Waals surface area contributed by atoms with E-state index in [1.807, 2.05) is 107 Å². The number of nitrogens with two attached hydrogens (primary N) is 1. The van der Waals surface area contributed by atoms with Gasteiger partial charge in [-0.15, -0.1) is 11.8 Å². The number of carbonyl (C=O) groups is 3. The molecule has 0 aromatic heterocycles. The van der Waals surface area contributed by atoms with E-state index in [1.165, 1.54) is 0 Å². The molecule has 0 bridgehead atoms. The fourth-order valence-corrected chi connectivity index (χ4v) is 7.84. The number of unbranched alkanes of at least 4 members (excludes halogenated alkanes) is 3. The van der Waals surface area contributed by atoms with Crippen LogP contribution >= 0.6 is 11.8 Å². The molecule has 6 nitrogen and oxygen atoms in total. The van der Waals surface area contributed by atoms with Crippen molar-refractivity contribution in [2.45, 2.75) is 101 Å². The molecule has 0 saturated carbocycles. The number of nitrogens with one attached hydrogen (secondary N) is 1. The Morgan fingerprint density at radius 1 is 0.686 bits per heavy atom. The number of amides is 1. The summed E-state index contributed by atoms with van der Waals surface area (Å²) in [5.41, 5.74) is 10.3. The van der Waals surface area contributed by atoms with Gasteiger partial charge in [0, 0.05) is 25.0 Å². The molecule has 1 amide bonds. The van der Waals surface area contributed by atoms with Crippen molar-refractivity contribution in [1.29, 1.82) is 0 Å². The van der Waals surface area contributed by atoms with Gasteiger partial charge in [0.15, 0.2) is 5.78 Å². The molecule has 0 aliphatic carbocycles. The largest absolute Gasteiger partial charge is 0.488 e. The van der Waals surface area contributed by atoms with Crippen LogP contribution in [0, 0.1) is 0 Å². The van der Waals surface area contributed by atoms with E-state index in [9.17, 15) is 14.4 Å². The number of thioether (sulfide) groups is 1. The van der Waals surface area contributed by atoms with Crippen LogP contribution in [-0.2, 0) is 25.6 Å². The fourth-order valence-electron chi connectivity index (χ4n) is 6.24. The standard InChI is InChI=1S/C44H54N2O4S/c1-5-40(47)39(32-51-44(34-19-11-8-12-20-34,35-21-13-9-14-22-35)36-23-15-10-16-24-36)46-42(49)26-18-7-6-17-25-41(48)38(45)31-33-27-29-37(30-28-33)50-43(2,3)4/h8-16,19-24,27-30,38-39H,5-7,17-18,25-26,31-32,45H2,1-4H3,(H,46,49)/t38?,39-/m0/s1. The fraction of sp³-hybridized carbons (Fsp3) is 0.386. The van der Waals surface area contributed by atoms with Crippen molar-refractivity contribution in [3.8, 4) is 5.75 Å². The highest BCUT2D eigenvalue weighted by Gasteiger charge is 2.38. The van der Waals surface area contributed by atoms with Crippen LogP contribution in [0.2, 0.25) is 0 Å². The highest BCUT2D eigenvalue weighted by atomic mass is 32.2. The first-order valence-corrected chi connectivity index (χ1v) is 19.2. The second-order valence-corrected chi connectivity index (χ2v) is 15.3. The SMILES string of the molecule is CCC(=O)[C@H](CSC(c1ccccc1)(c1ccccc1)c1ccccc1)NC(=O)CCCCCCC(=O)C(N)Cc1ccc(OC(C)(C)C)cc1. The van der Waals surface area contributed by atoms with E-state index in [4.69, 9.17) is 10.5 Å². The van der Waals surface area contributed by atoms with Crippen molar-refractivity contribution in [1.82, 2.24) is 5.32 Å². The second-order valence-electron chi connectivity index (χ2n) is 14.1. The number of carbonyl (C=O) groups excluding carboxylic acids is 3. The van der Waals surface area contributed by atoms with Gasteiger partial charge in [0.2, 0.25) is 5.91 Å². The summed E-state index contributed by atoms with van der Waals surface area (Å²) in [6, 6.07) is 37.7. The number of hydrogen-bond acceptors (Lipinski definition) is 6. The zero-order valence-electron chi connectivity index (χ0n) is 30.6. The summed E-state index contributed by atoms with van der Waals surface area (Å²) in [6.07, 6.45) is 4.69. The van der Waals surface area contributed by atoms with Gasteiger partial charge in [0.1, 0.15) is 17.1 Å². The Hall–Kier alpha value is -4.20. The number of ketones is 2. The third-order valence-corrected chi connectivity index (χ3v) is 10.5. The summed E-state index contributed by atoms with van der Waals surface area (Å²) in [5.74, 6) is 1.17. The minimum atomic E-state index is -0.607. The highest BCUT2D eigenvalue weighted by molar-refractivity contribution is 8.00. The maximum atomic E-state index is 13.2. The molecule has 0 spiro atoms. The molecule has 4 rings (SSSR count). The summed E-state index contributed by atoms with van der Waals surface area (Å²) in [6.45, 7) is 7.86. The second kappa shape index (κ2) is 19.4. The topological polar surface area (TPSA) is 98.5 Å². The molecule has 51 heavy (non-hydrogen) atoms. The lowest BCUT2D eigenvalue weighted by Crippen LogP contribution is -2.43. The molecule has 3 N–H and O–H groups in total. The molecule has 0 saturated heterocycles. The van der Waals surface area contributed by atoms with Crippen LogP contribution in [0.3, 0.4) is 0 Å². The van der Waals surface area contributed by atoms with Crippen molar-refractivity contribution in [3.63, 3.8) is 0 Å². The molecular formula is C44H54N2O4S. The minimum Gasteiger partial charge on any atom is -0.488 e. The lowest BCUT2D eigenvalue weighted by Gasteiger charge is -2.36. The zero-order chi connectivity index (χ0) is 36.7. The predicted octanol–water partition coefficient (Wildman–Crippen LogP) is 8.83. The third kappa shape index (κ3) is 11.9. The van der Waals surface area contributed by atoms with Crippen molar-refractivity contribution < 1.29 is 19.1 Å². The molecule has 2 atom stereocenters. The van der Waals surface area contributed by atoms with Crippen LogP contribution in [0.15, 0.2) is 115 Å². The van der Waals surface area contributed by atoms with E-state index in [1.54, 1.807) is 11.8 Å². The van der Waals surface area contributed by atoms with Gasteiger partial charge in [-0.25, -0.2) is 0 Å². The Bertz CT molecular complexity index is 1560. The van der Waals surface area contributed by atoms with Crippen molar-refractivity contribution in [2.75, 3.05) is 5.75 Å². The first kappa shape index (κ1) is 39.6. The first-order valence-electron chi connectivity index (χ1n) is 18.2. The predicted molar refractivity (Wildman–Crippen MR) is 210 cm³/mol. The van der Waals surface area contributed by atoms with Crippen molar-refractivity contribution >= 4 is 29.2 Å². The number of Topliss-reactive ketones (excluding diaryl/α,β-unsaturated/α-hetero) is 2. The molecule has 270 valence electrons. The Balaban J connectivity index is 1.28. The average molecular weight is 707 g/mol. The summed E-state index contributed by atoms with van der Waals surface area (Å²) >= 11 is 1.68. The molecule has 0 aliphatic rings. The van der Waals surface area contributed by atoms with Gasteiger partial charge in [-0.1, -0.05) is 123 Å². The van der Waals surface area contributed by atoms with E-state index in [0.717, 1.165) is 47.3 Å². The van der Waals surface area contributed by atoms with Gasteiger partial charge in [0.25, 0.3) is 0 Å². The highest BCUT2D eigenvalue weighted by Crippen LogP contribution is 2.48. The van der Waals surface area contributed by atoms with Gasteiger partial charge in [0.05, 0.1) is 16.8 Å². The van der Waals surface area contributed by atoms with Crippen LogP contribution in [-0.4, -0.2) is 40.9 Å². The van der Waals surface area contributed by atoms with Gasteiger partial charge >= 0.3 is 0 Å². The van der Waals surface area contributed by atoms with E-state index >= 15 is 0 Å². The average Bonchev–Trinajstić information content (AvgIpc) is 3.13. The number of hydrogen-bond donors (Lipinski definition) is 2. The first-order chi connectivity index (χ1) is 24.5. The Kier molecular flexibility index (Phi) is 15.1. The van der Waals surface area contributed by atoms with Crippen LogP contribution in [0.1, 0.15) is 94.9 Å². The molecule has 4 aromatic carbocycles. The lowest BCUT2D eigenvalue weighted by molar-refractivity contribution is -0.127. The van der Waals surface area contributed by atoms with Gasteiger partial charge in [-0.2, -0.15) is 0 Å². The maximum absolute atomic E-state index is 13.2. The Morgan fingerprint density at radius 3 is 1.65 bits per heavy atom. The normalized spacial score (nSPS) is 12.9. The van der Waals surface area contributed by atoms with Crippen molar-refractivity contribution in [2.24, 2.45) is 5.73 Å². The molecular weight excluding hydrogens is 653 g/mol. The van der Waals surface area contributed by atoms with Crippen LogP contribution < -0.4 is 15.8 Å². The summed E-state index contributed by atoms with van der Waals surface area (Å²) in [5, 5.41) is 3.07. The van der Waals surface area contributed by atoms with Crippen molar-refractivity contribution in [3.05, 3.63) is 138 Å². The van der Waals surface area contributed by atoms with Crippen LogP contribution in [0.5, 0.6) is 5.75 Å². The Morgan fingerprint density at radius 2 is 1.18 bits per heavy atom. The molecule has 7 heteroatoms. The van der Waals surface area contributed by atoms with Crippen LogP contribution in [0.25, 0.3) is 0 Å². The summed E-state index contributed by atoms with van der Waals surface area (Å²) < 4.78 is 5.30. The molecule has 1 unspecified atom stereocenters. The smallest absolute Gasteiger partial charge is 0.220 e. The molecule has 0 fully saturated rings. The van der Waals surface area contributed by atoms with E-state index in [0.29, 0.717) is 37.9 Å². The van der Waals surface area contributed by atoms with Gasteiger partial charge in [-0.05, 0) is 74.4 Å². The Labute approximate surface area is 309 Å². The van der Waals surface area contributed by atoms with E-state index in [2.05, 4.69) is 41.7 Å². The maximum Gasteiger partial charge on any atom is 0.220 e. The monoisotopic (exact) mass is 706 g/mol. The van der Waals surface area contributed by atoms with Crippen LogP contribution in [0.4, 0.5) is 0 Å². The molecule has 4 aromatic rings. The van der Waals surface area contributed by atoms with E-state index in [-0.39, 0.29) is 23.1 Å². The third-order valence-electron chi connectivity index (χ3n) is 8.87. The summed E-state index contributed by atoms with van der Waals surface area (Å²) in [7, 11) is 0. The summed E-state index contributed by atoms with van der Waals surface area (Å²) in [4.78, 5) is 39.1. The van der Waals surface area contributed by atoms with Gasteiger partial charge < -0.3 is 15.8 Å². The van der Waals surface area contributed by atoms with Gasteiger partial charge in [-0.3, -0.25) is 14.4 Å². The van der Waals surface area contributed by atoms with E-state index < -0.39 is 16.8 Å².